The van der Waals surface area contributed by atoms with E-state index in [9.17, 15) is 4.79 Å². The van der Waals surface area contributed by atoms with Crippen molar-refractivity contribution in [2.24, 2.45) is 5.73 Å². The molecule has 3 heteroatoms. The van der Waals surface area contributed by atoms with E-state index in [1.165, 1.54) is 6.61 Å². The molecule has 0 saturated carbocycles. The number of carbonyl (C=O) groups is 1. The average Bonchev–Trinajstić information content (AvgIpc) is 1.66. The van der Waals surface area contributed by atoms with E-state index in [4.69, 9.17) is 10.5 Å². The van der Waals surface area contributed by atoms with Crippen LogP contribution in [0.15, 0.2) is 0 Å². The van der Waals surface area contributed by atoms with E-state index in [-0.39, 0.29) is 5.91 Å². The molecule has 0 atom stereocenters. The summed E-state index contributed by atoms with van der Waals surface area (Å²) in [6.07, 6.45) is 0.296. The van der Waals surface area contributed by atoms with Crippen molar-refractivity contribution in [3.63, 3.8) is 0 Å². The molecule has 47 valence electrons. The summed E-state index contributed by atoms with van der Waals surface area (Å²) in [5.74, 6) is -0.327. The monoisotopic (exact) mass is 116 g/mol. The standard InChI is InChI=1S/C5H10NO2/c1-2-8-4-3-5(6)7/h2H,3-4H2,1H3,(H2,6,7). The van der Waals surface area contributed by atoms with Gasteiger partial charge in [0.1, 0.15) is 0 Å². The molecule has 0 spiro atoms. The molecular weight excluding hydrogens is 106 g/mol. The molecule has 0 aliphatic heterocycles. The molecular formula is C5H10NO2. The maximum absolute atomic E-state index is 10.0. The Labute approximate surface area is 48.8 Å². The Hall–Kier alpha value is -0.570. The first-order valence-corrected chi connectivity index (χ1v) is 2.45. The highest BCUT2D eigenvalue weighted by Crippen LogP contribution is 1.81. The highest BCUT2D eigenvalue weighted by molar-refractivity contribution is 5.73. The molecule has 0 heterocycles. The third kappa shape index (κ3) is 5.43. The average molecular weight is 116 g/mol. The Balaban J connectivity index is 2.82. The normalized spacial score (nSPS) is 9.12. The van der Waals surface area contributed by atoms with Gasteiger partial charge in [-0.2, -0.15) is 0 Å². The van der Waals surface area contributed by atoms with Gasteiger partial charge in [0.15, 0.2) is 0 Å². The third-order valence-electron chi connectivity index (χ3n) is 0.633. The summed E-state index contributed by atoms with van der Waals surface area (Å²) >= 11 is 0. The van der Waals surface area contributed by atoms with E-state index in [2.05, 4.69) is 0 Å². The van der Waals surface area contributed by atoms with Crippen LogP contribution < -0.4 is 5.73 Å². The molecule has 0 bridgehead atoms. The van der Waals surface area contributed by atoms with E-state index in [1.807, 2.05) is 0 Å². The number of ether oxygens (including phenoxy) is 1. The van der Waals surface area contributed by atoms with Gasteiger partial charge in [0.05, 0.1) is 13.2 Å². The largest absolute Gasteiger partial charge is 0.375 e. The minimum absolute atomic E-state index is 0.296. The van der Waals surface area contributed by atoms with Crippen LogP contribution in [0.4, 0.5) is 0 Å². The predicted octanol–water partition coefficient (Wildman–Crippen LogP) is 0.0601. The Bertz CT molecular complexity index is 72.8. The molecule has 0 saturated heterocycles. The summed E-state index contributed by atoms with van der Waals surface area (Å²) in [4.78, 5) is 10.0. The lowest BCUT2D eigenvalue weighted by Gasteiger charge is -1.93. The third-order valence-corrected chi connectivity index (χ3v) is 0.633. The van der Waals surface area contributed by atoms with Crippen LogP contribution in [0.1, 0.15) is 13.3 Å². The van der Waals surface area contributed by atoms with Gasteiger partial charge in [-0.15, -0.1) is 0 Å². The van der Waals surface area contributed by atoms with Crippen LogP contribution in [-0.4, -0.2) is 12.5 Å². The van der Waals surface area contributed by atoms with E-state index < -0.39 is 0 Å². The van der Waals surface area contributed by atoms with Gasteiger partial charge >= 0.3 is 0 Å². The van der Waals surface area contributed by atoms with E-state index in [0.717, 1.165) is 0 Å². The van der Waals surface area contributed by atoms with Gasteiger partial charge in [-0.05, 0) is 6.92 Å². The maximum atomic E-state index is 10.0. The molecule has 0 aromatic rings. The number of amides is 1. The maximum Gasteiger partial charge on any atom is 0.219 e. The van der Waals surface area contributed by atoms with Crippen LogP contribution >= 0.6 is 0 Å². The number of hydrogen-bond donors (Lipinski definition) is 1. The molecule has 1 radical (unpaired) electrons. The zero-order valence-corrected chi connectivity index (χ0v) is 4.89. The van der Waals surface area contributed by atoms with Crippen molar-refractivity contribution in [1.82, 2.24) is 0 Å². The van der Waals surface area contributed by atoms with E-state index in [1.54, 1.807) is 6.92 Å². The van der Waals surface area contributed by atoms with Gasteiger partial charge in [0, 0.05) is 6.42 Å². The minimum atomic E-state index is -0.327. The molecule has 0 aromatic carbocycles. The topological polar surface area (TPSA) is 52.3 Å². The first-order chi connectivity index (χ1) is 3.77. The van der Waals surface area contributed by atoms with Crippen LogP contribution in [0.25, 0.3) is 0 Å². The molecule has 0 aliphatic rings. The van der Waals surface area contributed by atoms with Gasteiger partial charge in [0.25, 0.3) is 0 Å². The zero-order chi connectivity index (χ0) is 6.41. The Morgan fingerprint density at radius 2 is 2.50 bits per heavy atom. The minimum Gasteiger partial charge on any atom is -0.375 e. The number of rotatable bonds is 4. The second kappa shape index (κ2) is 4.59. The fraction of sp³-hybridized carbons (Fsp3) is 0.600. The van der Waals surface area contributed by atoms with E-state index in [0.29, 0.717) is 13.0 Å². The van der Waals surface area contributed by atoms with Crippen molar-refractivity contribution in [2.75, 3.05) is 6.61 Å². The second-order valence-corrected chi connectivity index (χ2v) is 1.32. The van der Waals surface area contributed by atoms with Gasteiger partial charge in [-0.25, -0.2) is 0 Å². The Morgan fingerprint density at radius 3 is 2.88 bits per heavy atom. The van der Waals surface area contributed by atoms with Crippen molar-refractivity contribution in [3.05, 3.63) is 6.61 Å². The molecule has 0 aliphatic carbocycles. The van der Waals surface area contributed by atoms with Gasteiger partial charge in [-0.3, -0.25) is 4.79 Å². The lowest BCUT2D eigenvalue weighted by molar-refractivity contribution is -0.118. The molecule has 0 aromatic heterocycles. The first kappa shape index (κ1) is 7.43. The second-order valence-electron chi connectivity index (χ2n) is 1.32. The van der Waals surface area contributed by atoms with E-state index >= 15 is 0 Å². The van der Waals surface area contributed by atoms with Crippen molar-refractivity contribution in [2.45, 2.75) is 13.3 Å². The molecule has 1 amide bonds. The van der Waals surface area contributed by atoms with Crippen molar-refractivity contribution < 1.29 is 9.53 Å². The summed E-state index contributed by atoms with van der Waals surface area (Å²) in [5, 5.41) is 0. The quantitative estimate of drug-likeness (QED) is 0.528. The molecule has 3 nitrogen and oxygen atoms in total. The molecule has 2 N–H and O–H groups in total. The summed E-state index contributed by atoms with van der Waals surface area (Å²) in [6.45, 7) is 3.68. The summed E-state index contributed by atoms with van der Waals surface area (Å²) in [7, 11) is 0. The van der Waals surface area contributed by atoms with Crippen LogP contribution in [0.3, 0.4) is 0 Å². The SMILES string of the molecule is C[CH]OCCC(N)=O. The summed E-state index contributed by atoms with van der Waals surface area (Å²) in [5.41, 5.74) is 4.80. The summed E-state index contributed by atoms with van der Waals surface area (Å²) < 4.78 is 4.72. The van der Waals surface area contributed by atoms with Crippen LogP contribution in [0.5, 0.6) is 0 Å². The highest BCUT2D eigenvalue weighted by atomic mass is 16.5. The van der Waals surface area contributed by atoms with Crippen LogP contribution in [0.2, 0.25) is 0 Å². The molecule has 0 unspecified atom stereocenters. The Morgan fingerprint density at radius 1 is 1.88 bits per heavy atom. The number of carbonyl (C=O) groups excluding carboxylic acids is 1. The molecule has 8 heavy (non-hydrogen) atoms. The predicted molar refractivity (Wildman–Crippen MR) is 29.7 cm³/mol. The van der Waals surface area contributed by atoms with Crippen LogP contribution in [0, 0.1) is 6.61 Å². The van der Waals surface area contributed by atoms with Crippen molar-refractivity contribution in [1.29, 1.82) is 0 Å². The lowest BCUT2D eigenvalue weighted by atomic mass is 10.4. The fourth-order valence-corrected chi connectivity index (χ4v) is 0.277. The van der Waals surface area contributed by atoms with Crippen molar-refractivity contribution in [3.8, 4) is 0 Å². The van der Waals surface area contributed by atoms with Crippen molar-refractivity contribution >= 4 is 5.91 Å². The fourth-order valence-electron chi connectivity index (χ4n) is 0.277. The molecule has 0 fully saturated rings. The van der Waals surface area contributed by atoms with Gasteiger partial charge in [0.2, 0.25) is 5.91 Å². The van der Waals surface area contributed by atoms with Gasteiger partial charge < -0.3 is 10.5 Å². The molecule has 0 rings (SSSR count). The highest BCUT2D eigenvalue weighted by Gasteiger charge is 1.90. The summed E-state index contributed by atoms with van der Waals surface area (Å²) in [6, 6.07) is 0. The lowest BCUT2D eigenvalue weighted by Crippen LogP contribution is -2.12. The number of hydrogen-bond acceptors (Lipinski definition) is 2. The zero-order valence-electron chi connectivity index (χ0n) is 4.89. The Kier molecular flexibility index (Phi) is 4.26. The smallest absolute Gasteiger partial charge is 0.219 e. The number of primary amides is 1. The first-order valence-electron chi connectivity index (χ1n) is 2.45. The van der Waals surface area contributed by atoms with Crippen LogP contribution in [-0.2, 0) is 9.53 Å². The number of nitrogens with two attached hydrogens (primary N) is 1. The van der Waals surface area contributed by atoms with Gasteiger partial charge in [-0.1, -0.05) is 0 Å².